The summed E-state index contributed by atoms with van der Waals surface area (Å²) in [7, 11) is 0. The van der Waals surface area contributed by atoms with Crippen molar-refractivity contribution in [2.75, 3.05) is 0 Å². The summed E-state index contributed by atoms with van der Waals surface area (Å²) in [5, 5.41) is 0. The third-order valence-electron chi connectivity index (χ3n) is 15.0. The van der Waals surface area contributed by atoms with Gasteiger partial charge in [0, 0.05) is 17.8 Å². The molecule has 2 aromatic rings. The van der Waals surface area contributed by atoms with E-state index in [0.29, 0.717) is 47.0 Å². The van der Waals surface area contributed by atoms with Gasteiger partial charge in [-0.3, -0.25) is 14.8 Å². The fourth-order valence-electron chi connectivity index (χ4n) is 12.9. The average Bonchev–Trinajstić information content (AvgIpc) is 3.51. The molecular formula is C37H52N2O5. The number of hydrogen-bond acceptors (Lipinski definition) is 7. The summed E-state index contributed by atoms with van der Waals surface area (Å²) in [4.78, 5) is 35.7. The van der Waals surface area contributed by atoms with Crippen LogP contribution >= 0.6 is 0 Å². The Morgan fingerprint density at radius 3 is 2.39 bits per heavy atom. The minimum Gasteiger partial charge on any atom is -0.457 e. The lowest BCUT2D eigenvalue weighted by atomic mass is 9.32. The lowest BCUT2D eigenvalue weighted by Crippen LogP contribution is -2.67. The van der Waals surface area contributed by atoms with Crippen molar-refractivity contribution in [3.63, 3.8) is 0 Å². The molecule has 7 heteroatoms. The van der Waals surface area contributed by atoms with Crippen molar-refractivity contribution in [3.05, 3.63) is 45.9 Å². The van der Waals surface area contributed by atoms with Crippen LogP contribution in [0.1, 0.15) is 123 Å². The van der Waals surface area contributed by atoms with E-state index in [0.717, 1.165) is 32.1 Å². The van der Waals surface area contributed by atoms with Gasteiger partial charge in [0.05, 0.1) is 16.8 Å². The van der Waals surface area contributed by atoms with Crippen molar-refractivity contribution in [1.82, 2.24) is 9.97 Å². The molecule has 0 radical (unpaired) electrons. The molecule has 2 heterocycles. The van der Waals surface area contributed by atoms with E-state index in [1.807, 2.05) is 12.4 Å². The quantitative estimate of drug-likeness (QED) is 0.328. The monoisotopic (exact) mass is 604 g/mol. The number of carbonyl (C=O) groups excluding carboxylic acids is 1. The highest BCUT2D eigenvalue weighted by atomic mass is 16.6. The third kappa shape index (κ3) is 3.85. The zero-order chi connectivity index (χ0) is 31.4. The van der Waals surface area contributed by atoms with Crippen LogP contribution in [0.4, 0.5) is 0 Å². The predicted molar refractivity (Wildman–Crippen MR) is 167 cm³/mol. The Hall–Kier alpha value is -2.44. The topological polar surface area (TPSA) is 95.4 Å². The first-order valence-electron chi connectivity index (χ1n) is 17.3. The Bertz CT molecular complexity index is 1520. The molecule has 7 nitrogen and oxygen atoms in total. The molecule has 0 amide bonds. The van der Waals surface area contributed by atoms with Gasteiger partial charge in [0.15, 0.2) is 18.1 Å². The highest BCUT2D eigenvalue weighted by Crippen LogP contribution is 2.77. The highest BCUT2D eigenvalue weighted by Gasteiger charge is 2.72. The molecule has 44 heavy (non-hydrogen) atoms. The summed E-state index contributed by atoms with van der Waals surface area (Å²) < 4.78 is 16.2. The minimum absolute atomic E-state index is 0.00181. The van der Waals surface area contributed by atoms with Gasteiger partial charge < -0.3 is 13.6 Å². The Labute approximate surface area is 262 Å². The van der Waals surface area contributed by atoms with E-state index in [1.54, 1.807) is 6.92 Å². The van der Waals surface area contributed by atoms with Gasteiger partial charge >= 0.3 is 11.8 Å². The molecular weight excluding hydrogens is 552 g/mol. The number of esters is 1. The van der Waals surface area contributed by atoms with Crippen LogP contribution in [-0.2, 0) is 28.0 Å². The lowest BCUT2D eigenvalue weighted by Gasteiger charge is -2.72. The lowest BCUT2D eigenvalue weighted by molar-refractivity contribution is -0.231. The Morgan fingerprint density at radius 1 is 0.932 bits per heavy atom. The van der Waals surface area contributed by atoms with E-state index >= 15 is 0 Å². The minimum atomic E-state index is -0.746. The van der Waals surface area contributed by atoms with Crippen LogP contribution in [0.25, 0.3) is 0 Å². The molecule has 0 saturated heterocycles. The van der Waals surface area contributed by atoms with Gasteiger partial charge in [-0.25, -0.2) is 4.79 Å². The van der Waals surface area contributed by atoms with Gasteiger partial charge in [-0.15, -0.1) is 0 Å². The number of nitrogens with zero attached hydrogens (tertiary/aromatic N) is 2. The number of aryl methyl sites for hydroxylation is 1. The smallest absolute Gasteiger partial charge is 0.457 e. The van der Waals surface area contributed by atoms with E-state index < -0.39 is 11.2 Å². The maximum atomic E-state index is 14.2. The van der Waals surface area contributed by atoms with Crippen LogP contribution < -0.4 is 5.82 Å². The van der Waals surface area contributed by atoms with E-state index in [-0.39, 0.29) is 34.2 Å². The SMILES string of the molecule is Cc1oc(=O)oc1COC(=O)[C@]12CC[C@@H](C(C)C)[C@@H]1[C@H]1CC[C@@H]3[C@@]4(C)Cc5nccnc5C(C)(C)[C@@H]4CC[C@@]3(C)[C@]1(C)CC2. The largest absolute Gasteiger partial charge is 0.519 e. The van der Waals surface area contributed by atoms with Gasteiger partial charge in [0.2, 0.25) is 0 Å². The zero-order valence-corrected chi connectivity index (χ0v) is 28.1. The molecule has 0 spiro atoms. The standard InChI is InChI=1S/C37H52N2O5/c1-21(2)23-11-14-37(31(40)42-20-26-22(3)43-32(41)44-26)16-15-35(7)24(29(23)37)9-10-28-34(6)19-25-30(39-18-17-38-25)33(4,5)27(34)12-13-36(28,35)8/h17-18,21,23-24,27-29H,9-16,19-20H2,1-8H3/t23-,24+,27-,28+,29+,34-,35+,36+,37-/m0/s1. The average molecular weight is 605 g/mol. The number of aromatic nitrogens is 2. The summed E-state index contributed by atoms with van der Waals surface area (Å²) in [6.07, 6.45) is 13.5. The van der Waals surface area contributed by atoms with Gasteiger partial charge in [0.25, 0.3) is 0 Å². The summed E-state index contributed by atoms with van der Waals surface area (Å²) >= 11 is 0. The molecule has 4 saturated carbocycles. The third-order valence-corrected chi connectivity index (χ3v) is 15.0. The Balaban J connectivity index is 1.23. The van der Waals surface area contributed by atoms with Gasteiger partial charge in [-0.1, -0.05) is 48.5 Å². The van der Waals surface area contributed by atoms with E-state index in [4.69, 9.17) is 23.5 Å². The van der Waals surface area contributed by atoms with Crippen LogP contribution in [0.3, 0.4) is 0 Å². The number of carbonyl (C=O) groups is 1. The molecule has 240 valence electrons. The number of rotatable bonds is 4. The maximum absolute atomic E-state index is 14.2. The van der Waals surface area contributed by atoms with Crippen molar-refractivity contribution in [1.29, 1.82) is 0 Å². The number of hydrogen-bond donors (Lipinski definition) is 0. The molecule has 0 unspecified atom stereocenters. The number of ether oxygens (including phenoxy) is 1. The van der Waals surface area contributed by atoms with Crippen LogP contribution in [-0.4, -0.2) is 15.9 Å². The second-order valence-corrected chi connectivity index (χ2v) is 17.1. The van der Waals surface area contributed by atoms with Crippen LogP contribution in [0.15, 0.2) is 26.0 Å². The second-order valence-electron chi connectivity index (χ2n) is 17.1. The van der Waals surface area contributed by atoms with Crippen molar-refractivity contribution >= 4 is 5.97 Å². The normalized spacial score (nSPS) is 42.1. The first-order valence-corrected chi connectivity index (χ1v) is 17.3. The zero-order valence-electron chi connectivity index (χ0n) is 28.1. The second kappa shape index (κ2) is 9.78. The van der Waals surface area contributed by atoms with Crippen molar-refractivity contribution in [3.8, 4) is 0 Å². The summed E-state index contributed by atoms with van der Waals surface area (Å²) in [6, 6.07) is 0. The summed E-state index contributed by atoms with van der Waals surface area (Å²) in [5.74, 6) is 2.85. The first-order chi connectivity index (χ1) is 20.7. The molecule has 0 bridgehead atoms. The van der Waals surface area contributed by atoms with Gasteiger partial charge in [-0.05, 0) is 116 Å². The molecule has 7 rings (SSSR count). The number of fused-ring (bicyclic) bond motifs is 8. The summed E-state index contributed by atoms with van der Waals surface area (Å²) in [5.41, 5.74) is 2.45. The molecule has 5 aliphatic carbocycles. The maximum Gasteiger partial charge on any atom is 0.519 e. The fourth-order valence-corrected chi connectivity index (χ4v) is 12.9. The molecule has 0 N–H and O–H groups in total. The fraction of sp³-hybridized carbons (Fsp3) is 0.784. The van der Waals surface area contributed by atoms with E-state index in [9.17, 15) is 9.59 Å². The first kappa shape index (κ1) is 30.2. The van der Waals surface area contributed by atoms with Crippen molar-refractivity contribution < 1.29 is 18.4 Å². The molecule has 0 aromatic carbocycles. The van der Waals surface area contributed by atoms with Crippen LogP contribution in [0.2, 0.25) is 0 Å². The van der Waals surface area contributed by atoms with Crippen LogP contribution in [0, 0.1) is 64.1 Å². The molecule has 5 aliphatic rings. The molecule has 2 aromatic heterocycles. The van der Waals surface area contributed by atoms with Crippen molar-refractivity contribution in [2.24, 2.45) is 57.2 Å². The van der Waals surface area contributed by atoms with Crippen LogP contribution in [0.5, 0.6) is 0 Å². The van der Waals surface area contributed by atoms with E-state index in [2.05, 4.69) is 48.5 Å². The molecule has 0 aliphatic heterocycles. The molecule has 9 atom stereocenters. The summed E-state index contributed by atoms with van der Waals surface area (Å²) in [6.45, 7) is 19.0. The Morgan fingerprint density at radius 2 is 1.68 bits per heavy atom. The highest BCUT2D eigenvalue weighted by molar-refractivity contribution is 5.78. The predicted octanol–water partition coefficient (Wildman–Crippen LogP) is 7.83. The molecule has 4 fully saturated rings. The van der Waals surface area contributed by atoms with Gasteiger partial charge in [0.1, 0.15) is 0 Å². The van der Waals surface area contributed by atoms with E-state index in [1.165, 1.54) is 37.1 Å². The van der Waals surface area contributed by atoms with Crippen molar-refractivity contribution in [2.45, 2.75) is 125 Å². The Kier molecular flexibility index (Phi) is 6.72. The van der Waals surface area contributed by atoms with Gasteiger partial charge in [-0.2, -0.15) is 0 Å².